The predicted octanol–water partition coefficient (Wildman–Crippen LogP) is 5.65. The Morgan fingerprint density at radius 3 is 1.89 bits per heavy atom. The summed E-state index contributed by atoms with van der Waals surface area (Å²) in [5.41, 5.74) is 4.14. The van der Waals surface area contributed by atoms with Crippen molar-refractivity contribution in [3.8, 4) is 39.3 Å². The molecule has 4 rings (SSSR count). The molecule has 27 heavy (non-hydrogen) atoms. The topological polar surface area (TPSA) is 39.4 Å². The molecular formula is C24H18O3. The third-order valence-electron chi connectivity index (χ3n) is 4.46. The number of hydrogen-bond donors (Lipinski definition) is 0. The van der Waals surface area contributed by atoms with Gasteiger partial charge in [-0.1, -0.05) is 72.8 Å². The summed E-state index contributed by atoms with van der Waals surface area (Å²) in [6.45, 7) is 0. The lowest BCUT2D eigenvalue weighted by Crippen LogP contribution is -2.02. The lowest BCUT2D eigenvalue weighted by molar-refractivity contribution is 0.415. The van der Waals surface area contributed by atoms with Crippen LogP contribution < -0.4 is 10.4 Å². The maximum Gasteiger partial charge on any atom is 0.336 e. The fraction of sp³-hybridized carbons (Fsp3) is 0.0417. The monoisotopic (exact) mass is 354 g/mol. The average Bonchev–Trinajstić information content (AvgIpc) is 2.74. The molecule has 0 aliphatic rings. The molecule has 0 fully saturated rings. The summed E-state index contributed by atoms with van der Waals surface area (Å²) in [4.78, 5) is 12.4. The molecule has 0 aliphatic heterocycles. The van der Waals surface area contributed by atoms with E-state index in [0.29, 0.717) is 5.76 Å². The molecule has 0 amide bonds. The summed E-state index contributed by atoms with van der Waals surface area (Å²) < 4.78 is 10.9. The second-order valence-electron chi connectivity index (χ2n) is 6.14. The van der Waals surface area contributed by atoms with E-state index in [2.05, 4.69) is 0 Å². The molecule has 0 radical (unpaired) electrons. The van der Waals surface area contributed by atoms with Gasteiger partial charge in [-0.15, -0.1) is 0 Å². The zero-order chi connectivity index (χ0) is 18.6. The van der Waals surface area contributed by atoms with Gasteiger partial charge in [0, 0.05) is 22.8 Å². The van der Waals surface area contributed by atoms with E-state index in [9.17, 15) is 4.79 Å². The minimum absolute atomic E-state index is 0.376. The molecule has 4 aromatic rings. The van der Waals surface area contributed by atoms with Crippen molar-refractivity contribution in [2.75, 3.05) is 7.11 Å². The Morgan fingerprint density at radius 1 is 0.704 bits per heavy atom. The van der Waals surface area contributed by atoms with Crippen LogP contribution in [0, 0.1) is 0 Å². The van der Waals surface area contributed by atoms with E-state index in [1.54, 1.807) is 13.2 Å². The number of benzene rings is 3. The van der Waals surface area contributed by atoms with Gasteiger partial charge in [0.1, 0.15) is 11.5 Å². The molecule has 132 valence electrons. The summed E-state index contributed by atoms with van der Waals surface area (Å²) in [5, 5.41) is 0. The minimum Gasteiger partial charge on any atom is -0.497 e. The molecule has 3 heteroatoms. The van der Waals surface area contributed by atoms with Gasteiger partial charge >= 0.3 is 5.63 Å². The zero-order valence-electron chi connectivity index (χ0n) is 14.9. The average molecular weight is 354 g/mol. The molecule has 1 aromatic heterocycles. The van der Waals surface area contributed by atoms with Crippen LogP contribution in [0.1, 0.15) is 0 Å². The quantitative estimate of drug-likeness (QED) is 0.475. The van der Waals surface area contributed by atoms with E-state index < -0.39 is 0 Å². The molecule has 0 saturated carbocycles. The number of ether oxygens (including phenoxy) is 1. The van der Waals surface area contributed by atoms with Crippen molar-refractivity contribution < 1.29 is 9.15 Å². The Labute approximate surface area is 157 Å². The number of hydrogen-bond acceptors (Lipinski definition) is 3. The first-order chi connectivity index (χ1) is 13.3. The Hall–Kier alpha value is -3.59. The van der Waals surface area contributed by atoms with Crippen LogP contribution in [0.15, 0.2) is 100 Å². The highest BCUT2D eigenvalue weighted by molar-refractivity contribution is 5.91. The van der Waals surface area contributed by atoms with Crippen LogP contribution in [0.5, 0.6) is 5.75 Å². The highest BCUT2D eigenvalue weighted by atomic mass is 16.5. The molecule has 3 aromatic carbocycles. The molecule has 0 aliphatic carbocycles. The second kappa shape index (κ2) is 7.34. The first-order valence-electron chi connectivity index (χ1n) is 8.69. The van der Waals surface area contributed by atoms with Gasteiger partial charge in [-0.2, -0.15) is 0 Å². The maximum atomic E-state index is 12.4. The van der Waals surface area contributed by atoms with Crippen LogP contribution >= 0.6 is 0 Å². The van der Waals surface area contributed by atoms with Crippen molar-refractivity contribution >= 4 is 0 Å². The van der Waals surface area contributed by atoms with Gasteiger partial charge in [0.05, 0.1) is 7.11 Å². The van der Waals surface area contributed by atoms with E-state index in [0.717, 1.165) is 33.6 Å². The van der Waals surface area contributed by atoms with E-state index in [-0.39, 0.29) is 5.63 Å². The normalized spacial score (nSPS) is 10.6. The Bertz CT molecular complexity index is 1100. The Morgan fingerprint density at radius 2 is 1.30 bits per heavy atom. The molecule has 0 saturated heterocycles. The van der Waals surface area contributed by atoms with Crippen LogP contribution in [0.3, 0.4) is 0 Å². The van der Waals surface area contributed by atoms with Gasteiger partial charge < -0.3 is 9.15 Å². The van der Waals surface area contributed by atoms with Crippen molar-refractivity contribution in [3.63, 3.8) is 0 Å². The van der Waals surface area contributed by atoms with Crippen LogP contribution in [-0.2, 0) is 0 Å². The van der Waals surface area contributed by atoms with Crippen molar-refractivity contribution in [1.29, 1.82) is 0 Å². The molecule has 3 nitrogen and oxygen atoms in total. The summed E-state index contributed by atoms with van der Waals surface area (Å²) in [6.07, 6.45) is 0. The van der Waals surface area contributed by atoms with Crippen LogP contribution in [0.4, 0.5) is 0 Å². The molecule has 0 N–H and O–H groups in total. The van der Waals surface area contributed by atoms with E-state index in [4.69, 9.17) is 9.15 Å². The standard InChI is InChI=1S/C24H18O3/c1-26-20-14-12-17(13-15-20)21-16-22(25)27-24(19-10-6-3-7-11-19)23(21)18-8-4-2-5-9-18/h2-16H,1H3. The predicted molar refractivity (Wildman–Crippen MR) is 108 cm³/mol. The summed E-state index contributed by atoms with van der Waals surface area (Å²) >= 11 is 0. The third-order valence-corrected chi connectivity index (χ3v) is 4.46. The maximum absolute atomic E-state index is 12.4. The highest BCUT2D eigenvalue weighted by Gasteiger charge is 2.18. The fourth-order valence-electron chi connectivity index (χ4n) is 3.18. The molecular weight excluding hydrogens is 336 g/mol. The number of methoxy groups -OCH3 is 1. The Kier molecular flexibility index (Phi) is 4.58. The zero-order valence-corrected chi connectivity index (χ0v) is 14.9. The molecule has 0 spiro atoms. The summed E-state index contributed by atoms with van der Waals surface area (Å²) in [7, 11) is 1.63. The largest absolute Gasteiger partial charge is 0.497 e. The van der Waals surface area contributed by atoms with Gasteiger partial charge in [0.15, 0.2) is 0 Å². The van der Waals surface area contributed by atoms with Gasteiger partial charge in [-0.05, 0) is 23.3 Å². The van der Waals surface area contributed by atoms with Crippen LogP contribution in [0.25, 0.3) is 33.6 Å². The highest BCUT2D eigenvalue weighted by Crippen LogP contribution is 2.39. The van der Waals surface area contributed by atoms with Gasteiger partial charge in [-0.25, -0.2) is 4.79 Å². The van der Waals surface area contributed by atoms with Crippen molar-refractivity contribution in [3.05, 3.63) is 101 Å². The van der Waals surface area contributed by atoms with E-state index in [1.807, 2.05) is 84.9 Å². The Balaban J connectivity index is 2.03. The third kappa shape index (κ3) is 3.40. The van der Waals surface area contributed by atoms with Crippen LogP contribution in [-0.4, -0.2) is 7.11 Å². The van der Waals surface area contributed by atoms with Gasteiger partial charge in [0.25, 0.3) is 0 Å². The molecule has 1 heterocycles. The molecule has 0 atom stereocenters. The van der Waals surface area contributed by atoms with Gasteiger partial charge in [-0.3, -0.25) is 0 Å². The fourth-order valence-corrected chi connectivity index (χ4v) is 3.18. The number of rotatable bonds is 4. The lowest BCUT2D eigenvalue weighted by Gasteiger charge is -2.14. The molecule has 0 unspecified atom stereocenters. The second-order valence-corrected chi connectivity index (χ2v) is 6.14. The van der Waals surface area contributed by atoms with Gasteiger partial charge in [0.2, 0.25) is 0 Å². The van der Waals surface area contributed by atoms with Crippen LogP contribution in [0.2, 0.25) is 0 Å². The minimum atomic E-state index is -0.376. The molecule has 0 bridgehead atoms. The van der Waals surface area contributed by atoms with Crippen molar-refractivity contribution in [2.24, 2.45) is 0 Å². The van der Waals surface area contributed by atoms with Crippen molar-refractivity contribution in [2.45, 2.75) is 0 Å². The van der Waals surface area contributed by atoms with E-state index in [1.165, 1.54) is 0 Å². The van der Waals surface area contributed by atoms with Crippen molar-refractivity contribution in [1.82, 2.24) is 0 Å². The smallest absolute Gasteiger partial charge is 0.336 e. The lowest BCUT2D eigenvalue weighted by atomic mass is 9.92. The summed E-state index contributed by atoms with van der Waals surface area (Å²) in [5.74, 6) is 1.34. The first kappa shape index (κ1) is 16.9. The summed E-state index contributed by atoms with van der Waals surface area (Å²) in [6, 6.07) is 28.9. The SMILES string of the molecule is COc1ccc(-c2cc(=O)oc(-c3ccccc3)c2-c2ccccc2)cc1. The van der Waals surface area contributed by atoms with E-state index >= 15 is 0 Å². The first-order valence-corrected chi connectivity index (χ1v) is 8.69.